The SMILES string of the molecule is CN(C(=O)C1CN(S(=O)(=O)c2ccc(N)cc2)CCN1C(=O)c1cc(O)c(O)c(O)c1)c1ccccc1. The number of piperazine rings is 1. The molecule has 0 spiro atoms. The van der Waals surface area contributed by atoms with Crippen molar-refractivity contribution in [1.29, 1.82) is 0 Å². The predicted molar refractivity (Wildman–Crippen MR) is 136 cm³/mol. The summed E-state index contributed by atoms with van der Waals surface area (Å²) < 4.78 is 27.8. The van der Waals surface area contributed by atoms with E-state index in [0.29, 0.717) is 11.4 Å². The van der Waals surface area contributed by atoms with Crippen molar-refractivity contribution in [3.63, 3.8) is 0 Å². The van der Waals surface area contributed by atoms with Gasteiger partial charge in [0.2, 0.25) is 10.0 Å². The van der Waals surface area contributed by atoms with Crippen molar-refractivity contribution < 1.29 is 33.3 Å². The van der Waals surface area contributed by atoms with Crippen LogP contribution >= 0.6 is 0 Å². The fourth-order valence-corrected chi connectivity index (χ4v) is 5.55. The van der Waals surface area contributed by atoms with E-state index in [1.807, 2.05) is 0 Å². The molecule has 0 saturated carbocycles. The molecule has 2 amide bonds. The number of amides is 2. The molecular weight excluding hydrogens is 500 g/mol. The number of phenolic OH excluding ortho intramolecular Hbond substituents is 3. The van der Waals surface area contributed by atoms with E-state index in [1.54, 1.807) is 30.3 Å². The number of hydrogen-bond acceptors (Lipinski definition) is 8. The van der Waals surface area contributed by atoms with Gasteiger partial charge in [0.15, 0.2) is 17.2 Å². The molecule has 194 valence electrons. The van der Waals surface area contributed by atoms with Gasteiger partial charge in [-0.25, -0.2) is 8.42 Å². The first kappa shape index (κ1) is 25.8. The monoisotopic (exact) mass is 526 g/mol. The first-order valence-corrected chi connectivity index (χ1v) is 12.7. The molecule has 3 aromatic carbocycles. The van der Waals surface area contributed by atoms with Crippen molar-refractivity contribution in [2.24, 2.45) is 0 Å². The van der Waals surface area contributed by atoms with E-state index in [4.69, 9.17) is 5.73 Å². The van der Waals surface area contributed by atoms with E-state index >= 15 is 0 Å². The number of rotatable bonds is 5. The summed E-state index contributed by atoms with van der Waals surface area (Å²) >= 11 is 0. The Bertz CT molecular complexity index is 1410. The Morgan fingerprint density at radius 3 is 2.14 bits per heavy atom. The quantitative estimate of drug-likeness (QED) is 0.287. The number of carbonyl (C=O) groups excluding carboxylic acids is 2. The van der Waals surface area contributed by atoms with Crippen LogP contribution in [0.15, 0.2) is 71.6 Å². The van der Waals surface area contributed by atoms with Crippen LogP contribution in [0.1, 0.15) is 10.4 Å². The highest BCUT2D eigenvalue weighted by molar-refractivity contribution is 7.89. The fraction of sp³-hybridized carbons (Fsp3) is 0.200. The minimum Gasteiger partial charge on any atom is -0.504 e. The lowest BCUT2D eigenvalue weighted by atomic mass is 10.1. The molecule has 1 heterocycles. The molecule has 11 nitrogen and oxygen atoms in total. The molecule has 1 aliphatic heterocycles. The van der Waals surface area contributed by atoms with Crippen LogP contribution in [0.25, 0.3) is 0 Å². The second-order valence-electron chi connectivity index (χ2n) is 8.54. The van der Waals surface area contributed by atoms with Crippen molar-refractivity contribution in [2.45, 2.75) is 10.9 Å². The van der Waals surface area contributed by atoms with Gasteiger partial charge in [0, 0.05) is 43.6 Å². The normalized spacial score (nSPS) is 16.4. The van der Waals surface area contributed by atoms with Crippen molar-refractivity contribution in [3.8, 4) is 17.2 Å². The Morgan fingerprint density at radius 1 is 0.946 bits per heavy atom. The van der Waals surface area contributed by atoms with E-state index < -0.39 is 45.1 Å². The highest BCUT2D eigenvalue weighted by Gasteiger charge is 2.41. The molecule has 1 fully saturated rings. The van der Waals surface area contributed by atoms with E-state index in [0.717, 1.165) is 16.4 Å². The highest BCUT2D eigenvalue weighted by Crippen LogP contribution is 2.36. The average molecular weight is 527 g/mol. The summed E-state index contributed by atoms with van der Waals surface area (Å²) in [4.78, 5) is 29.6. The molecule has 37 heavy (non-hydrogen) atoms. The zero-order valence-corrected chi connectivity index (χ0v) is 20.7. The number of aromatic hydroxyl groups is 3. The maximum Gasteiger partial charge on any atom is 0.254 e. The van der Waals surface area contributed by atoms with Crippen LogP contribution in [-0.4, -0.2) is 77.5 Å². The highest BCUT2D eigenvalue weighted by atomic mass is 32.2. The van der Waals surface area contributed by atoms with Gasteiger partial charge < -0.3 is 30.9 Å². The first-order chi connectivity index (χ1) is 17.5. The number of para-hydroxylation sites is 1. The zero-order valence-electron chi connectivity index (χ0n) is 19.9. The molecule has 3 aromatic rings. The van der Waals surface area contributed by atoms with Gasteiger partial charge in [-0.2, -0.15) is 4.31 Å². The molecule has 1 aliphatic rings. The molecule has 0 aromatic heterocycles. The number of sulfonamides is 1. The van der Waals surface area contributed by atoms with Gasteiger partial charge in [0.25, 0.3) is 11.8 Å². The largest absolute Gasteiger partial charge is 0.504 e. The Kier molecular flexibility index (Phi) is 6.96. The number of nitrogen functional groups attached to an aromatic ring is 1. The van der Waals surface area contributed by atoms with Crippen molar-refractivity contribution >= 4 is 33.2 Å². The van der Waals surface area contributed by atoms with Gasteiger partial charge in [-0.3, -0.25) is 9.59 Å². The van der Waals surface area contributed by atoms with Gasteiger partial charge in [0.05, 0.1) is 4.90 Å². The van der Waals surface area contributed by atoms with Crippen LogP contribution in [0, 0.1) is 0 Å². The van der Waals surface area contributed by atoms with Gasteiger partial charge in [-0.1, -0.05) is 18.2 Å². The second-order valence-corrected chi connectivity index (χ2v) is 10.5. The molecule has 1 saturated heterocycles. The summed E-state index contributed by atoms with van der Waals surface area (Å²) in [5, 5.41) is 29.4. The third kappa shape index (κ3) is 5.01. The summed E-state index contributed by atoms with van der Waals surface area (Å²) in [5.41, 5.74) is 6.44. The molecule has 1 atom stereocenters. The summed E-state index contributed by atoms with van der Waals surface area (Å²) in [6, 6.07) is 15.0. The molecule has 12 heteroatoms. The van der Waals surface area contributed by atoms with Gasteiger partial charge in [-0.15, -0.1) is 0 Å². The maximum absolute atomic E-state index is 13.6. The summed E-state index contributed by atoms with van der Waals surface area (Å²) in [5.74, 6) is -3.47. The van der Waals surface area contributed by atoms with Crippen LogP contribution in [0.4, 0.5) is 11.4 Å². The van der Waals surface area contributed by atoms with Crippen molar-refractivity contribution in [2.75, 3.05) is 37.3 Å². The molecule has 0 bridgehead atoms. The van der Waals surface area contributed by atoms with Crippen LogP contribution in [-0.2, 0) is 14.8 Å². The third-order valence-corrected chi connectivity index (χ3v) is 8.08. The summed E-state index contributed by atoms with van der Waals surface area (Å²) in [6.45, 7) is -0.577. The second kappa shape index (κ2) is 9.99. The van der Waals surface area contributed by atoms with E-state index in [1.165, 1.54) is 41.1 Å². The van der Waals surface area contributed by atoms with Gasteiger partial charge in [0.1, 0.15) is 6.04 Å². The molecule has 1 unspecified atom stereocenters. The zero-order chi connectivity index (χ0) is 26.9. The molecule has 4 rings (SSSR count). The number of carbonyl (C=O) groups is 2. The van der Waals surface area contributed by atoms with E-state index in [9.17, 15) is 33.3 Å². The molecule has 0 radical (unpaired) electrons. The number of nitrogens with two attached hydrogens (primary N) is 1. The molecule has 0 aliphatic carbocycles. The van der Waals surface area contributed by atoms with Crippen LogP contribution in [0.3, 0.4) is 0 Å². The number of hydrogen-bond donors (Lipinski definition) is 4. The lowest BCUT2D eigenvalue weighted by Gasteiger charge is -2.41. The Labute approximate surface area is 213 Å². The minimum absolute atomic E-state index is 0.00234. The Morgan fingerprint density at radius 2 is 1.54 bits per heavy atom. The van der Waals surface area contributed by atoms with Crippen molar-refractivity contribution in [1.82, 2.24) is 9.21 Å². The average Bonchev–Trinajstić information content (AvgIpc) is 2.90. The number of anilines is 2. The number of likely N-dealkylation sites (N-methyl/N-ethyl adjacent to an activating group) is 1. The summed E-state index contributed by atoms with van der Waals surface area (Å²) in [6.07, 6.45) is 0. The maximum atomic E-state index is 13.6. The number of phenols is 3. The van der Waals surface area contributed by atoms with Crippen LogP contribution in [0.5, 0.6) is 17.2 Å². The minimum atomic E-state index is -4.01. The lowest BCUT2D eigenvalue weighted by molar-refractivity contribution is -0.124. The Balaban J connectivity index is 1.70. The smallest absolute Gasteiger partial charge is 0.254 e. The van der Waals surface area contributed by atoms with E-state index in [2.05, 4.69) is 0 Å². The third-order valence-electron chi connectivity index (χ3n) is 6.20. The predicted octanol–water partition coefficient (Wildman–Crippen LogP) is 1.56. The standard InChI is InChI=1S/C25H26N4O7S/c1-27(18-5-3-2-4-6-18)25(34)20-15-28(37(35,36)19-9-7-17(26)8-10-19)11-12-29(20)24(33)16-13-21(30)23(32)22(31)14-16/h2-10,13-14,20,30-32H,11-12,15,26H2,1H3. The lowest BCUT2D eigenvalue weighted by Crippen LogP contribution is -2.61. The topological polar surface area (TPSA) is 165 Å². The fourth-order valence-electron chi connectivity index (χ4n) is 4.12. The Hall–Kier alpha value is -4.29. The van der Waals surface area contributed by atoms with E-state index in [-0.39, 0.29) is 30.1 Å². The summed E-state index contributed by atoms with van der Waals surface area (Å²) in [7, 11) is -2.49. The van der Waals surface area contributed by atoms with Crippen LogP contribution < -0.4 is 10.6 Å². The van der Waals surface area contributed by atoms with Gasteiger partial charge >= 0.3 is 0 Å². The molecule has 5 N–H and O–H groups in total. The van der Waals surface area contributed by atoms with Crippen LogP contribution in [0.2, 0.25) is 0 Å². The molecular formula is C25H26N4O7S. The number of nitrogens with zero attached hydrogens (tertiary/aromatic N) is 3. The van der Waals surface area contributed by atoms with Crippen molar-refractivity contribution in [3.05, 3.63) is 72.3 Å². The number of benzene rings is 3. The van der Waals surface area contributed by atoms with Gasteiger partial charge in [-0.05, 0) is 48.5 Å². The first-order valence-electron chi connectivity index (χ1n) is 11.2.